The van der Waals surface area contributed by atoms with Gasteiger partial charge in [0.25, 0.3) is 0 Å². The van der Waals surface area contributed by atoms with Crippen LogP contribution in [-0.2, 0) is 26.0 Å². The molecule has 0 atom stereocenters. The summed E-state index contributed by atoms with van der Waals surface area (Å²) in [6.45, 7) is 5.48. The first kappa shape index (κ1) is 24.5. The molecule has 0 aliphatic carbocycles. The maximum atomic E-state index is 12.6. The van der Waals surface area contributed by atoms with Crippen LogP contribution in [0.2, 0.25) is 0 Å². The highest BCUT2D eigenvalue weighted by Crippen LogP contribution is 2.31. The Labute approximate surface area is 200 Å². The molecule has 0 spiro atoms. The van der Waals surface area contributed by atoms with Gasteiger partial charge in [0.1, 0.15) is 0 Å². The number of carbonyl (C=O) groups excluding carboxylic acids is 1. The van der Waals surface area contributed by atoms with Gasteiger partial charge in [0, 0.05) is 50.8 Å². The molecule has 10 heteroatoms. The van der Waals surface area contributed by atoms with E-state index in [2.05, 4.69) is 14.9 Å². The first-order chi connectivity index (χ1) is 16.5. The van der Waals surface area contributed by atoms with E-state index in [0.717, 1.165) is 45.7 Å². The second kappa shape index (κ2) is 11.7. The summed E-state index contributed by atoms with van der Waals surface area (Å²) >= 11 is 0. The number of rotatable bonds is 9. The van der Waals surface area contributed by atoms with Crippen LogP contribution in [0.4, 0.5) is 5.69 Å². The molecule has 4 rings (SSSR count). The van der Waals surface area contributed by atoms with Gasteiger partial charge in [-0.1, -0.05) is 12.1 Å². The Kier molecular flexibility index (Phi) is 8.39. The van der Waals surface area contributed by atoms with Crippen LogP contribution < -0.4 is 19.5 Å². The number of anilines is 1. The first-order valence-corrected chi connectivity index (χ1v) is 13.1. The lowest BCUT2D eigenvalue weighted by molar-refractivity contribution is -0.116. The second-order valence-corrected chi connectivity index (χ2v) is 10.0. The number of fused-ring (bicyclic) bond motifs is 1. The third-order valence-corrected chi connectivity index (χ3v) is 7.19. The average Bonchev–Trinajstić information content (AvgIpc) is 3.09. The zero-order valence-electron chi connectivity index (χ0n) is 19.1. The summed E-state index contributed by atoms with van der Waals surface area (Å²) in [7, 11) is -3.77. The lowest BCUT2D eigenvalue weighted by Crippen LogP contribution is -2.37. The van der Waals surface area contributed by atoms with Crippen LogP contribution in [0, 0.1) is 0 Å². The minimum atomic E-state index is -3.77. The summed E-state index contributed by atoms with van der Waals surface area (Å²) in [5.41, 5.74) is 1.89. The van der Waals surface area contributed by atoms with Crippen molar-refractivity contribution in [2.45, 2.75) is 24.2 Å². The number of amides is 1. The van der Waals surface area contributed by atoms with Gasteiger partial charge in [-0.05, 0) is 36.2 Å². The van der Waals surface area contributed by atoms with Crippen LogP contribution in [-0.4, -0.2) is 71.8 Å². The van der Waals surface area contributed by atoms with E-state index in [1.807, 2.05) is 24.3 Å². The van der Waals surface area contributed by atoms with Crippen molar-refractivity contribution in [1.82, 2.24) is 9.62 Å². The predicted molar refractivity (Wildman–Crippen MR) is 128 cm³/mol. The van der Waals surface area contributed by atoms with Gasteiger partial charge in [-0.2, -0.15) is 0 Å². The number of sulfonamides is 1. The summed E-state index contributed by atoms with van der Waals surface area (Å²) in [4.78, 5) is 14.7. The topological polar surface area (TPSA) is 106 Å². The van der Waals surface area contributed by atoms with Gasteiger partial charge in [0.2, 0.25) is 15.9 Å². The molecular formula is C24H31N3O6S. The highest BCUT2D eigenvalue weighted by molar-refractivity contribution is 7.89. The van der Waals surface area contributed by atoms with Gasteiger partial charge < -0.3 is 19.5 Å². The van der Waals surface area contributed by atoms with Crippen LogP contribution in [0.5, 0.6) is 11.5 Å². The number of nitrogens with one attached hydrogen (secondary N) is 2. The number of carbonyl (C=O) groups is 1. The van der Waals surface area contributed by atoms with Gasteiger partial charge in [0.15, 0.2) is 11.5 Å². The summed E-state index contributed by atoms with van der Waals surface area (Å²) < 4.78 is 44.1. The Balaban J connectivity index is 1.22. The number of hydrogen-bond acceptors (Lipinski definition) is 7. The summed E-state index contributed by atoms with van der Waals surface area (Å²) in [6.07, 6.45) is 1.69. The molecule has 2 aliphatic rings. The van der Waals surface area contributed by atoms with E-state index in [-0.39, 0.29) is 23.8 Å². The number of ether oxygens (including phenoxy) is 3. The van der Waals surface area contributed by atoms with E-state index in [0.29, 0.717) is 30.4 Å². The number of benzene rings is 2. The van der Waals surface area contributed by atoms with Crippen molar-refractivity contribution in [3.05, 3.63) is 48.0 Å². The fourth-order valence-corrected chi connectivity index (χ4v) is 4.83. The van der Waals surface area contributed by atoms with Crippen LogP contribution in [0.3, 0.4) is 0 Å². The lowest BCUT2D eigenvalue weighted by Gasteiger charge is -2.26. The molecule has 1 amide bonds. The third-order valence-electron chi connectivity index (χ3n) is 5.73. The molecule has 184 valence electrons. The molecule has 0 radical (unpaired) electrons. The Morgan fingerprint density at radius 1 is 0.941 bits per heavy atom. The number of hydrogen-bond donors (Lipinski definition) is 2. The summed E-state index contributed by atoms with van der Waals surface area (Å²) in [6, 6.07) is 12.3. The van der Waals surface area contributed by atoms with Crippen molar-refractivity contribution in [2.75, 3.05) is 57.9 Å². The van der Waals surface area contributed by atoms with Crippen molar-refractivity contribution in [1.29, 1.82) is 0 Å². The summed E-state index contributed by atoms with van der Waals surface area (Å²) in [5, 5.41) is 2.81. The van der Waals surface area contributed by atoms with Gasteiger partial charge in [-0.15, -0.1) is 0 Å². The Hall–Kier alpha value is -2.66. The van der Waals surface area contributed by atoms with Gasteiger partial charge in [-0.25, -0.2) is 13.1 Å². The molecule has 0 aromatic heterocycles. The van der Waals surface area contributed by atoms with Crippen LogP contribution in [0.15, 0.2) is 47.4 Å². The molecule has 34 heavy (non-hydrogen) atoms. The van der Waals surface area contributed by atoms with E-state index in [4.69, 9.17) is 14.2 Å². The van der Waals surface area contributed by atoms with Gasteiger partial charge >= 0.3 is 0 Å². The molecule has 2 aromatic carbocycles. The largest absolute Gasteiger partial charge is 0.490 e. The molecule has 0 saturated carbocycles. The van der Waals surface area contributed by atoms with Crippen LogP contribution in [0.25, 0.3) is 0 Å². The fourth-order valence-electron chi connectivity index (χ4n) is 3.78. The Bertz CT molecular complexity index is 1070. The van der Waals surface area contributed by atoms with Gasteiger partial charge in [0.05, 0.1) is 31.3 Å². The average molecular weight is 490 g/mol. The predicted octanol–water partition coefficient (Wildman–Crippen LogP) is 2.03. The smallest absolute Gasteiger partial charge is 0.240 e. The fraction of sp³-hybridized carbons (Fsp3) is 0.458. The zero-order valence-corrected chi connectivity index (χ0v) is 19.9. The molecule has 2 heterocycles. The van der Waals surface area contributed by atoms with Crippen LogP contribution >= 0.6 is 0 Å². The second-order valence-electron chi connectivity index (χ2n) is 8.26. The van der Waals surface area contributed by atoms with E-state index in [9.17, 15) is 13.2 Å². The maximum Gasteiger partial charge on any atom is 0.240 e. The molecule has 9 nitrogen and oxygen atoms in total. The highest BCUT2D eigenvalue weighted by Gasteiger charge is 2.19. The van der Waals surface area contributed by atoms with Crippen molar-refractivity contribution in [3.8, 4) is 11.5 Å². The molecule has 2 aromatic rings. The van der Waals surface area contributed by atoms with Crippen molar-refractivity contribution in [2.24, 2.45) is 0 Å². The highest BCUT2D eigenvalue weighted by atomic mass is 32.2. The molecule has 2 N–H and O–H groups in total. The van der Waals surface area contributed by atoms with E-state index < -0.39 is 10.0 Å². The normalized spacial score (nSPS) is 16.6. The van der Waals surface area contributed by atoms with Crippen molar-refractivity contribution < 1.29 is 27.4 Å². The molecule has 2 aliphatic heterocycles. The molecular weight excluding hydrogens is 458 g/mol. The lowest BCUT2D eigenvalue weighted by atomic mass is 10.1. The van der Waals surface area contributed by atoms with E-state index >= 15 is 0 Å². The zero-order chi connectivity index (χ0) is 23.8. The number of nitrogens with zero attached hydrogens (tertiary/aromatic N) is 1. The Morgan fingerprint density at radius 3 is 2.44 bits per heavy atom. The van der Waals surface area contributed by atoms with Crippen molar-refractivity contribution in [3.63, 3.8) is 0 Å². The first-order valence-electron chi connectivity index (χ1n) is 11.6. The standard InChI is InChI=1S/C24H31N3O6S/c28-24(26-20-4-2-19(3-5-20)9-11-27-12-16-31-17-13-27)8-10-25-34(29,30)21-6-7-22-23(18-21)33-15-1-14-32-22/h2-7,18,25H,1,8-17H2,(H,26,28). The Morgan fingerprint density at radius 2 is 1.68 bits per heavy atom. The monoisotopic (exact) mass is 489 g/mol. The van der Waals surface area contributed by atoms with Crippen LogP contribution in [0.1, 0.15) is 18.4 Å². The minimum absolute atomic E-state index is 0.0136. The van der Waals surface area contributed by atoms with Crippen molar-refractivity contribution >= 4 is 21.6 Å². The number of morpholine rings is 1. The maximum absolute atomic E-state index is 12.6. The molecule has 0 bridgehead atoms. The molecule has 1 saturated heterocycles. The third kappa shape index (κ3) is 6.92. The SMILES string of the molecule is O=C(CCNS(=O)(=O)c1ccc2c(c1)OCCCO2)Nc1ccc(CCN2CCOCC2)cc1. The minimum Gasteiger partial charge on any atom is -0.490 e. The molecule has 1 fully saturated rings. The summed E-state index contributed by atoms with van der Waals surface area (Å²) in [5.74, 6) is 0.678. The van der Waals surface area contributed by atoms with E-state index in [1.54, 1.807) is 6.07 Å². The van der Waals surface area contributed by atoms with E-state index in [1.165, 1.54) is 17.7 Å². The van der Waals surface area contributed by atoms with Gasteiger partial charge in [-0.3, -0.25) is 9.69 Å². The molecule has 0 unspecified atom stereocenters. The quantitative estimate of drug-likeness (QED) is 0.555.